The van der Waals surface area contributed by atoms with Gasteiger partial charge in [0.25, 0.3) is 0 Å². The van der Waals surface area contributed by atoms with Crippen LogP contribution in [0.25, 0.3) is 11.3 Å². The number of nitrogens with zero attached hydrogens (tertiary/aromatic N) is 4. The number of fused-ring (bicyclic) bond motifs is 3. The summed E-state index contributed by atoms with van der Waals surface area (Å²) >= 11 is 0. The molecule has 2 aliphatic heterocycles. The number of aromatic nitrogens is 2. The van der Waals surface area contributed by atoms with Crippen molar-refractivity contribution in [2.75, 3.05) is 36.4 Å². The molecule has 3 heterocycles. The van der Waals surface area contributed by atoms with Crippen LogP contribution in [0.3, 0.4) is 0 Å². The first-order valence-corrected chi connectivity index (χ1v) is 10.4. The van der Waals surface area contributed by atoms with Crippen LogP contribution in [0.4, 0.5) is 11.5 Å². The number of hydrogen-bond donors (Lipinski definition) is 3. The van der Waals surface area contributed by atoms with E-state index in [0.29, 0.717) is 23.8 Å². The summed E-state index contributed by atoms with van der Waals surface area (Å²) in [5.41, 5.74) is 8.61. The summed E-state index contributed by atoms with van der Waals surface area (Å²) in [6.45, 7) is 4.03. The molecule has 3 aliphatic rings. The second-order valence-corrected chi connectivity index (χ2v) is 8.27. The standard InChI is InChI=1S/C21H28N6O/c22-14-5-7-15(8-6-14)26-9-10-27-16(13-26)12-23-21-19(27)11-18(24-25-21)17-3-1-2-4-20(17)28/h1-4,11,14-16,28H,5-10,12-13,22H2,(H,23,25)/t14?,15?,16-/m0/s1. The van der Waals surface area contributed by atoms with Gasteiger partial charge in [-0.1, -0.05) is 12.1 Å². The van der Waals surface area contributed by atoms with Gasteiger partial charge in [-0.2, -0.15) is 0 Å². The molecule has 4 N–H and O–H groups in total. The van der Waals surface area contributed by atoms with Crippen LogP contribution >= 0.6 is 0 Å². The number of benzene rings is 1. The summed E-state index contributed by atoms with van der Waals surface area (Å²) in [5, 5.41) is 22.4. The second kappa shape index (κ2) is 7.22. The van der Waals surface area contributed by atoms with E-state index in [1.165, 1.54) is 12.8 Å². The highest BCUT2D eigenvalue weighted by molar-refractivity contribution is 5.76. The van der Waals surface area contributed by atoms with Gasteiger partial charge >= 0.3 is 0 Å². The number of aromatic hydroxyl groups is 1. The topological polar surface area (TPSA) is 90.5 Å². The Kier molecular flexibility index (Phi) is 4.56. The molecule has 0 radical (unpaired) electrons. The number of para-hydroxylation sites is 1. The summed E-state index contributed by atoms with van der Waals surface area (Å²) in [6.07, 6.45) is 4.74. The third-order valence-electron chi connectivity index (χ3n) is 6.54. The fraction of sp³-hybridized carbons (Fsp3) is 0.524. The highest BCUT2D eigenvalue weighted by atomic mass is 16.3. The van der Waals surface area contributed by atoms with Crippen molar-refractivity contribution < 1.29 is 5.11 Å². The van der Waals surface area contributed by atoms with E-state index in [9.17, 15) is 5.11 Å². The predicted octanol–water partition coefficient (Wildman–Crippen LogP) is 2.04. The van der Waals surface area contributed by atoms with Crippen molar-refractivity contribution in [3.05, 3.63) is 30.3 Å². The van der Waals surface area contributed by atoms with Crippen LogP contribution in [0.5, 0.6) is 5.75 Å². The maximum atomic E-state index is 10.2. The number of nitrogens with two attached hydrogens (primary N) is 1. The van der Waals surface area contributed by atoms with Crippen molar-refractivity contribution >= 4 is 11.5 Å². The first-order chi connectivity index (χ1) is 13.7. The summed E-state index contributed by atoms with van der Waals surface area (Å²) in [4.78, 5) is 5.13. The first-order valence-electron chi connectivity index (χ1n) is 10.4. The first kappa shape index (κ1) is 17.7. The Morgan fingerprint density at radius 1 is 1.04 bits per heavy atom. The molecule has 1 saturated heterocycles. The molecule has 5 rings (SSSR count). The Morgan fingerprint density at radius 3 is 2.68 bits per heavy atom. The molecule has 2 aromatic rings. The van der Waals surface area contributed by atoms with Gasteiger partial charge in [0.05, 0.1) is 17.4 Å². The van der Waals surface area contributed by atoms with Crippen molar-refractivity contribution in [3.8, 4) is 17.0 Å². The van der Waals surface area contributed by atoms with Gasteiger partial charge in [0.2, 0.25) is 0 Å². The van der Waals surface area contributed by atoms with Crippen LogP contribution < -0.4 is 16.0 Å². The largest absolute Gasteiger partial charge is 0.507 e. The fourth-order valence-electron chi connectivity index (χ4n) is 4.93. The molecule has 1 aromatic carbocycles. The molecule has 1 saturated carbocycles. The van der Waals surface area contributed by atoms with Crippen LogP contribution in [-0.2, 0) is 0 Å². The molecule has 7 nitrogen and oxygen atoms in total. The van der Waals surface area contributed by atoms with Gasteiger partial charge in [0, 0.05) is 43.8 Å². The minimum absolute atomic E-state index is 0.234. The van der Waals surface area contributed by atoms with E-state index >= 15 is 0 Å². The molecule has 0 amide bonds. The number of phenols is 1. The van der Waals surface area contributed by atoms with E-state index in [4.69, 9.17) is 5.73 Å². The van der Waals surface area contributed by atoms with Gasteiger partial charge in [-0.15, -0.1) is 10.2 Å². The smallest absolute Gasteiger partial charge is 0.172 e. The molecular formula is C21H28N6O. The number of anilines is 2. The Balaban J connectivity index is 1.37. The molecular weight excluding hydrogens is 352 g/mol. The van der Waals surface area contributed by atoms with Gasteiger partial charge in [-0.3, -0.25) is 4.90 Å². The zero-order valence-electron chi connectivity index (χ0n) is 16.1. The van der Waals surface area contributed by atoms with Crippen LogP contribution in [0.1, 0.15) is 25.7 Å². The molecule has 1 atom stereocenters. The number of piperazine rings is 1. The average Bonchev–Trinajstić information content (AvgIpc) is 2.74. The van der Waals surface area contributed by atoms with E-state index in [0.717, 1.165) is 56.1 Å². The lowest BCUT2D eigenvalue weighted by atomic mass is 9.90. The zero-order chi connectivity index (χ0) is 19.1. The van der Waals surface area contributed by atoms with Gasteiger partial charge in [-0.05, 0) is 43.9 Å². The van der Waals surface area contributed by atoms with Gasteiger partial charge < -0.3 is 21.1 Å². The monoisotopic (exact) mass is 380 g/mol. The quantitative estimate of drug-likeness (QED) is 0.734. The zero-order valence-corrected chi connectivity index (χ0v) is 16.1. The van der Waals surface area contributed by atoms with E-state index in [1.807, 2.05) is 18.2 Å². The molecule has 148 valence electrons. The number of nitrogens with one attached hydrogen (secondary N) is 1. The molecule has 2 fully saturated rings. The normalized spacial score (nSPS) is 27.6. The van der Waals surface area contributed by atoms with Gasteiger partial charge in [-0.25, -0.2) is 0 Å². The van der Waals surface area contributed by atoms with Gasteiger partial charge in [0.1, 0.15) is 5.75 Å². The van der Waals surface area contributed by atoms with E-state index in [1.54, 1.807) is 6.07 Å². The van der Waals surface area contributed by atoms with Crippen molar-refractivity contribution in [2.24, 2.45) is 5.73 Å². The Labute approximate surface area is 165 Å². The molecule has 7 heteroatoms. The summed E-state index contributed by atoms with van der Waals surface area (Å²) in [5.74, 6) is 1.07. The van der Waals surface area contributed by atoms with Crippen LogP contribution in [0.15, 0.2) is 30.3 Å². The molecule has 1 aromatic heterocycles. The van der Waals surface area contributed by atoms with Crippen molar-refractivity contribution in [3.63, 3.8) is 0 Å². The maximum absolute atomic E-state index is 10.2. The Morgan fingerprint density at radius 2 is 1.86 bits per heavy atom. The Hall–Kier alpha value is -2.38. The van der Waals surface area contributed by atoms with Gasteiger partial charge in [0.15, 0.2) is 5.82 Å². The molecule has 0 unspecified atom stereocenters. The number of rotatable bonds is 2. The molecule has 28 heavy (non-hydrogen) atoms. The van der Waals surface area contributed by atoms with Crippen molar-refractivity contribution in [1.82, 2.24) is 15.1 Å². The van der Waals surface area contributed by atoms with E-state index in [2.05, 4.69) is 31.4 Å². The molecule has 0 bridgehead atoms. The lowest BCUT2D eigenvalue weighted by Gasteiger charge is -2.48. The average molecular weight is 380 g/mol. The third kappa shape index (κ3) is 3.18. The highest BCUT2D eigenvalue weighted by Crippen LogP contribution is 2.36. The second-order valence-electron chi connectivity index (χ2n) is 8.27. The lowest BCUT2D eigenvalue weighted by molar-refractivity contribution is 0.125. The molecule has 0 spiro atoms. The van der Waals surface area contributed by atoms with E-state index < -0.39 is 0 Å². The van der Waals surface area contributed by atoms with Crippen molar-refractivity contribution in [2.45, 2.75) is 43.8 Å². The lowest BCUT2D eigenvalue weighted by Crippen LogP contribution is -2.60. The predicted molar refractivity (Wildman–Crippen MR) is 111 cm³/mol. The van der Waals surface area contributed by atoms with Crippen LogP contribution in [0.2, 0.25) is 0 Å². The summed E-state index contributed by atoms with van der Waals surface area (Å²) in [6, 6.07) is 10.9. The minimum Gasteiger partial charge on any atom is -0.507 e. The fourth-order valence-corrected chi connectivity index (χ4v) is 4.93. The van der Waals surface area contributed by atoms with Crippen LogP contribution in [0, 0.1) is 0 Å². The SMILES string of the molecule is NC1CCC(N2CCN3c4cc(-c5ccccc5O)nnc4NC[C@H]3C2)CC1. The minimum atomic E-state index is 0.234. The molecule has 1 aliphatic carbocycles. The Bertz CT molecular complexity index is 851. The number of hydrogen-bond acceptors (Lipinski definition) is 7. The number of phenolic OH excluding ortho intramolecular Hbond substituents is 1. The van der Waals surface area contributed by atoms with E-state index in [-0.39, 0.29) is 5.75 Å². The third-order valence-corrected chi connectivity index (χ3v) is 6.54. The highest BCUT2D eigenvalue weighted by Gasteiger charge is 2.36. The summed E-state index contributed by atoms with van der Waals surface area (Å²) < 4.78 is 0. The van der Waals surface area contributed by atoms with Crippen LogP contribution in [-0.4, -0.2) is 64.5 Å². The summed E-state index contributed by atoms with van der Waals surface area (Å²) in [7, 11) is 0. The maximum Gasteiger partial charge on any atom is 0.172 e. The van der Waals surface area contributed by atoms with Crippen molar-refractivity contribution in [1.29, 1.82) is 0 Å².